The number of hydrogen-bond acceptors (Lipinski definition) is 2. The topological polar surface area (TPSA) is 29.9 Å². The lowest BCUT2D eigenvalue weighted by molar-refractivity contribution is 0.00554. The number of nitrogens with zero attached hydrogens (tertiary/aromatic N) is 1. The molecule has 1 saturated heterocycles. The number of H-pyrrole nitrogens is 1. The summed E-state index contributed by atoms with van der Waals surface area (Å²) in [6.07, 6.45) is 4.23. The number of ether oxygens (including phenoxy) is 1. The molecule has 0 radical (unpaired) electrons. The van der Waals surface area contributed by atoms with E-state index in [1.165, 1.54) is 5.69 Å². The van der Waals surface area contributed by atoms with Gasteiger partial charge in [0.25, 0.3) is 0 Å². The SMILES string of the molecule is Cc1c[nH]c(=S)n1CC1(C)CCCO1. The van der Waals surface area contributed by atoms with Crippen molar-refractivity contribution in [1.29, 1.82) is 0 Å². The third-order valence-electron chi connectivity index (χ3n) is 2.87. The minimum Gasteiger partial charge on any atom is -0.373 e. The molecular weight excluding hydrogens is 196 g/mol. The summed E-state index contributed by atoms with van der Waals surface area (Å²) < 4.78 is 8.65. The largest absolute Gasteiger partial charge is 0.373 e. The van der Waals surface area contributed by atoms with Crippen LogP contribution in [0.3, 0.4) is 0 Å². The van der Waals surface area contributed by atoms with Crippen LogP contribution in [0.4, 0.5) is 0 Å². The number of nitrogens with one attached hydrogen (secondary N) is 1. The molecule has 0 aromatic carbocycles. The van der Waals surface area contributed by atoms with Crippen LogP contribution in [0.15, 0.2) is 6.20 Å². The van der Waals surface area contributed by atoms with E-state index in [4.69, 9.17) is 17.0 Å². The van der Waals surface area contributed by atoms with Crippen molar-refractivity contribution in [3.8, 4) is 0 Å². The Balaban J connectivity index is 2.21. The summed E-state index contributed by atoms with van der Waals surface area (Å²) in [6.45, 7) is 5.97. The number of rotatable bonds is 2. The molecule has 0 aliphatic carbocycles. The fourth-order valence-electron chi connectivity index (χ4n) is 1.97. The molecule has 2 heterocycles. The van der Waals surface area contributed by atoms with E-state index in [1.807, 2.05) is 6.20 Å². The highest BCUT2D eigenvalue weighted by atomic mass is 32.1. The summed E-state index contributed by atoms with van der Waals surface area (Å²) in [5, 5.41) is 0. The third kappa shape index (κ3) is 1.77. The molecule has 78 valence electrons. The maximum absolute atomic E-state index is 5.74. The Morgan fingerprint density at radius 2 is 2.50 bits per heavy atom. The summed E-state index contributed by atoms with van der Waals surface area (Å²) in [5.74, 6) is 0. The summed E-state index contributed by atoms with van der Waals surface area (Å²) >= 11 is 5.21. The molecule has 2 rings (SSSR count). The maximum Gasteiger partial charge on any atom is 0.177 e. The molecule has 14 heavy (non-hydrogen) atoms. The normalized spacial score (nSPS) is 27.0. The molecule has 1 atom stereocenters. The second-order valence-electron chi connectivity index (χ2n) is 4.22. The van der Waals surface area contributed by atoms with Crippen molar-refractivity contribution < 1.29 is 4.74 Å². The minimum atomic E-state index is -0.0226. The summed E-state index contributed by atoms with van der Waals surface area (Å²) in [4.78, 5) is 3.05. The predicted molar refractivity (Wildman–Crippen MR) is 57.9 cm³/mol. The van der Waals surface area contributed by atoms with E-state index < -0.39 is 0 Å². The van der Waals surface area contributed by atoms with E-state index in [9.17, 15) is 0 Å². The van der Waals surface area contributed by atoms with E-state index in [-0.39, 0.29) is 5.60 Å². The van der Waals surface area contributed by atoms with E-state index in [2.05, 4.69) is 23.4 Å². The fraction of sp³-hybridized carbons (Fsp3) is 0.700. The van der Waals surface area contributed by atoms with E-state index in [1.54, 1.807) is 0 Å². The molecule has 0 amide bonds. The first kappa shape index (κ1) is 9.93. The van der Waals surface area contributed by atoms with Gasteiger partial charge in [-0.25, -0.2) is 0 Å². The maximum atomic E-state index is 5.74. The molecule has 0 saturated carbocycles. The van der Waals surface area contributed by atoms with Gasteiger partial charge in [-0.2, -0.15) is 0 Å². The lowest BCUT2D eigenvalue weighted by Gasteiger charge is -2.24. The number of imidazole rings is 1. The average molecular weight is 212 g/mol. The highest BCUT2D eigenvalue weighted by Crippen LogP contribution is 2.27. The first-order valence-corrected chi connectivity index (χ1v) is 5.40. The van der Waals surface area contributed by atoms with Gasteiger partial charge in [-0.15, -0.1) is 0 Å². The van der Waals surface area contributed by atoms with Crippen molar-refractivity contribution in [2.24, 2.45) is 0 Å². The number of aromatic amines is 1. The molecule has 4 heteroatoms. The summed E-state index contributed by atoms with van der Waals surface area (Å²) in [5.41, 5.74) is 1.15. The van der Waals surface area contributed by atoms with Crippen LogP contribution in [0.1, 0.15) is 25.5 Å². The van der Waals surface area contributed by atoms with Gasteiger partial charge in [0.2, 0.25) is 0 Å². The average Bonchev–Trinajstić information content (AvgIpc) is 2.68. The van der Waals surface area contributed by atoms with Crippen molar-refractivity contribution in [1.82, 2.24) is 9.55 Å². The molecule has 1 aromatic rings. The number of hydrogen-bond donors (Lipinski definition) is 1. The third-order valence-corrected chi connectivity index (χ3v) is 3.21. The summed E-state index contributed by atoms with van der Waals surface area (Å²) in [6, 6.07) is 0. The van der Waals surface area contributed by atoms with E-state index in [0.29, 0.717) is 0 Å². The van der Waals surface area contributed by atoms with Crippen LogP contribution in [0, 0.1) is 11.7 Å². The van der Waals surface area contributed by atoms with Crippen LogP contribution >= 0.6 is 12.2 Å². The lowest BCUT2D eigenvalue weighted by atomic mass is 10.0. The zero-order valence-corrected chi connectivity index (χ0v) is 9.49. The van der Waals surface area contributed by atoms with E-state index >= 15 is 0 Å². The predicted octanol–water partition coefficient (Wildman–Crippen LogP) is 2.42. The zero-order chi connectivity index (χ0) is 10.2. The van der Waals surface area contributed by atoms with Gasteiger partial charge < -0.3 is 14.3 Å². The van der Waals surface area contributed by atoms with Crippen LogP contribution in [0.2, 0.25) is 0 Å². The molecule has 0 spiro atoms. The van der Waals surface area contributed by atoms with Gasteiger partial charge in [-0.05, 0) is 38.9 Å². The first-order valence-electron chi connectivity index (χ1n) is 4.99. The van der Waals surface area contributed by atoms with Crippen LogP contribution < -0.4 is 0 Å². The highest BCUT2D eigenvalue weighted by molar-refractivity contribution is 7.71. The quantitative estimate of drug-likeness (QED) is 0.763. The van der Waals surface area contributed by atoms with Crippen LogP contribution in [0.25, 0.3) is 0 Å². The van der Waals surface area contributed by atoms with Crippen molar-refractivity contribution in [3.05, 3.63) is 16.7 Å². The van der Waals surface area contributed by atoms with Crippen molar-refractivity contribution in [2.75, 3.05) is 6.61 Å². The molecule has 1 unspecified atom stereocenters. The summed E-state index contributed by atoms with van der Waals surface area (Å²) in [7, 11) is 0. The van der Waals surface area contributed by atoms with Gasteiger partial charge in [0, 0.05) is 18.5 Å². The smallest absolute Gasteiger partial charge is 0.177 e. The van der Waals surface area contributed by atoms with Gasteiger partial charge in [0.15, 0.2) is 4.77 Å². The Kier molecular flexibility index (Phi) is 2.49. The Morgan fingerprint density at radius 3 is 3.00 bits per heavy atom. The Hall–Kier alpha value is -0.610. The van der Waals surface area contributed by atoms with Crippen LogP contribution in [-0.4, -0.2) is 21.8 Å². The lowest BCUT2D eigenvalue weighted by Crippen LogP contribution is -2.30. The zero-order valence-electron chi connectivity index (χ0n) is 8.67. The highest BCUT2D eigenvalue weighted by Gasteiger charge is 2.30. The second-order valence-corrected chi connectivity index (χ2v) is 4.61. The molecule has 1 aliphatic heterocycles. The molecule has 3 nitrogen and oxygen atoms in total. The van der Waals surface area contributed by atoms with E-state index in [0.717, 1.165) is 30.8 Å². The molecule has 0 bridgehead atoms. The second kappa shape index (κ2) is 3.51. The monoisotopic (exact) mass is 212 g/mol. The standard InChI is InChI=1S/C10H16N2OS/c1-8-6-11-9(14)12(8)7-10(2)4-3-5-13-10/h6H,3-5,7H2,1-2H3,(H,11,14). The van der Waals surface area contributed by atoms with Crippen molar-refractivity contribution in [3.63, 3.8) is 0 Å². The van der Waals surface area contributed by atoms with Gasteiger partial charge in [0.05, 0.1) is 12.1 Å². The Morgan fingerprint density at radius 1 is 1.71 bits per heavy atom. The molecule has 1 aliphatic rings. The van der Waals surface area contributed by atoms with Gasteiger partial charge >= 0.3 is 0 Å². The minimum absolute atomic E-state index is 0.0226. The fourth-order valence-corrected chi connectivity index (χ4v) is 2.24. The van der Waals surface area contributed by atoms with Gasteiger partial charge in [0.1, 0.15) is 0 Å². The number of aryl methyl sites for hydroxylation is 1. The van der Waals surface area contributed by atoms with Gasteiger partial charge in [-0.3, -0.25) is 0 Å². The Labute approximate surface area is 89.1 Å². The molecule has 1 N–H and O–H groups in total. The van der Waals surface area contributed by atoms with Crippen molar-refractivity contribution >= 4 is 12.2 Å². The number of aromatic nitrogens is 2. The molecule has 1 fully saturated rings. The first-order chi connectivity index (χ1) is 6.61. The van der Waals surface area contributed by atoms with Crippen LogP contribution in [-0.2, 0) is 11.3 Å². The molecule has 1 aromatic heterocycles. The Bertz CT molecular complexity index is 374. The van der Waals surface area contributed by atoms with Crippen molar-refractivity contribution in [2.45, 2.75) is 38.8 Å². The van der Waals surface area contributed by atoms with Crippen LogP contribution in [0.5, 0.6) is 0 Å². The van der Waals surface area contributed by atoms with Gasteiger partial charge in [-0.1, -0.05) is 0 Å². The molecular formula is C10H16N2OS.